The summed E-state index contributed by atoms with van der Waals surface area (Å²) in [5.74, 6) is 1.03. The molecule has 17 heavy (non-hydrogen) atoms. The Hall–Kier alpha value is -0.0800. The zero-order valence-electron chi connectivity index (χ0n) is 12.1. The smallest absolute Gasteiger partial charge is 0.168 e. The molecular formula is C15H28O2. The van der Waals surface area contributed by atoms with Crippen molar-refractivity contribution < 1.29 is 9.47 Å². The largest absolute Gasteiger partial charge is 0.349 e. The molecule has 2 fully saturated rings. The summed E-state index contributed by atoms with van der Waals surface area (Å²) >= 11 is 0. The standard InChI is InChI=1S/C15H28O2/c1-11(2)13-14(4,5)10-16-15(17-13)8-6-7-12(3)9-15/h11-13H,6-10H2,1-5H3. The Morgan fingerprint density at radius 1 is 1.24 bits per heavy atom. The Morgan fingerprint density at radius 3 is 2.53 bits per heavy atom. The molecular weight excluding hydrogens is 212 g/mol. The predicted molar refractivity (Wildman–Crippen MR) is 69.8 cm³/mol. The summed E-state index contributed by atoms with van der Waals surface area (Å²) < 4.78 is 12.6. The van der Waals surface area contributed by atoms with E-state index in [2.05, 4.69) is 34.6 Å². The quantitative estimate of drug-likeness (QED) is 0.690. The van der Waals surface area contributed by atoms with Crippen molar-refractivity contribution in [1.29, 1.82) is 0 Å². The van der Waals surface area contributed by atoms with Crippen molar-refractivity contribution in [2.75, 3.05) is 6.61 Å². The van der Waals surface area contributed by atoms with Crippen molar-refractivity contribution in [3.8, 4) is 0 Å². The summed E-state index contributed by atoms with van der Waals surface area (Å²) in [5.41, 5.74) is 0.139. The summed E-state index contributed by atoms with van der Waals surface area (Å²) in [6.07, 6.45) is 5.04. The number of hydrogen-bond acceptors (Lipinski definition) is 2. The second kappa shape index (κ2) is 4.55. The minimum Gasteiger partial charge on any atom is -0.349 e. The van der Waals surface area contributed by atoms with Gasteiger partial charge in [0.2, 0.25) is 0 Å². The van der Waals surface area contributed by atoms with Gasteiger partial charge in [0, 0.05) is 18.3 Å². The molecule has 1 heterocycles. The molecule has 0 N–H and O–H groups in total. The van der Waals surface area contributed by atoms with E-state index in [1.165, 1.54) is 12.8 Å². The Morgan fingerprint density at radius 2 is 1.94 bits per heavy atom. The molecule has 3 unspecified atom stereocenters. The first-order chi connectivity index (χ1) is 7.85. The lowest BCUT2D eigenvalue weighted by atomic mass is 9.78. The van der Waals surface area contributed by atoms with E-state index in [1.807, 2.05) is 0 Å². The topological polar surface area (TPSA) is 18.5 Å². The summed E-state index contributed by atoms with van der Waals surface area (Å²) in [5, 5.41) is 0. The van der Waals surface area contributed by atoms with Crippen LogP contribution >= 0.6 is 0 Å². The summed E-state index contributed by atoms with van der Waals surface area (Å²) in [4.78, 5) is 0. The normalized spacial score (nSPS) is 42.0. The Labute approximate surface area is 106 Å². The first-order valence-corrected chi connectivity index (χ1v) is 7.16. The molecule has 0 aromatic heterocycles. The van der Waals surface area contributed by atoms with Gasteiger partial charge in [-0.05, 0) is 18.3 Å². The molecule has 2 nitrogen and oxygen atoms in total. The first-order valence-electron chi connectivity index (χ1n) is 7.16. The van der Waals surface area contributed by atoms with E-state index < -0.39 is 0 Å². The van der Waals surface area contributed by atoms with Gasteiger partial charge < -0.3 is 9.47 Å². The van der Waals surface area contributed by atoms with Gasteiger partial charge in [0.05, 0.1) is 12.7 Å². The monoisotopic (exact) mass is 240 g/mol. The van der Waals surface area contributed by atoms with E-state index in [4.69, 9.17) is 9.47 Å². The van der Waals surface area contributed by atoms with Gasteiger partial charge in [0.1, 0.15) is 0 Å². The fraction of sp³-hybridized carbons (Fsp3) is 1.00. The highest BCUT2D eigenvalue weighted by molar-refractivity contribution is 4.91. The van der Waals surface area contributed by atoms with Crippen molar-refractivity contribution in [3.05, 3.63) is 0 Å². The van der Waals surface area contributed by atoms with Crippen molar-refractivity contribution in [2.24, 2.45) is 17.3 Å². The van der Waals surface area contributed by atoms with Crippen molar-refractivity contribution in [2.45, 2.75) is 72.2 Å². The van der Waals surface area contributed by atoms with Gasteiger partial charge in [-0.3, -0.25) is 0 Å². The molecule has 1 saturated heterocycles. The lowest BCUT2D eigenvalue weighted by Gasteiger charge is -2.52. The van der Waals surface area contributed by atoms with Gasteiger partial charge >= 0.3 is 0 Å². The van der Waals surface area contributed by atoms with Crippen molar-refractivity contribution >= 4 is 0 Å². The number of ether oxygens (including phenoxy) is 2. The van der Waals surface area contributed by atoms with E-state index in [9.17, 15) is 0 Å². The molecule has 1 aliphatic heterocycles. The van der Waals surface area contributed by atoms with Crippen LogP contribution in [0.25, 0.3) is 0 Å². The molecule has 0 aromatic carbocycles. The maximum absolute atomic E-state index is 6.44. The van der Waals surface area contributed by atoms with Gasteiger partial charge in [-0.1, -0.05) is 41.0 Å². The van der Waals surface area contributed by atoms with E-state index in [-0.39, 0.29) is 11.2 Å². The van der Waals surface area contributed by atoms with Crippen LogP contribution in [0.5, 0.6) is 0 Å². The average Bonchev–Trinajstić information content (AvgIpc) is 2.22. The third-order valence-electron chi connectivity index (χ3n) is 4.34. The lowest BCUT2D eigenvalue weighted by Crippen LogP contribution is -2.56. The van der Waals surface area contributed by atoms with Crippen LogP contribution in [0.3, 0.4) is 0 Å². The molecule has 0 amide bonds. The first kappa shape index (κ1) is 13.4. The molecule has 0 bridgehead atoms. The molecule has 1 spiro atoms. The highest BCUT2D eigenvalue weighted by atomic mass is 16.7. The van der Waals surface area contributed by atoms with Crippen LogP contribution in [0.15, 0.2) is 0 Å². The molecule has 0 aromatic rings. The second-order valence-electron chi connectivity index (χ2n) is 7.17. The van der Waals surface area contributed by atoms with E-state index in [0.29, 0.717) is 12.0 Å². The van der Waals surface area contributed by atoms with E-state index in [1.54, 1.807) is 0 Å². The Bertz CT molecular complexity index is 272. The highest BCUT2D eigenvalue weighted by Gasteiger charge is 2.48. The zero-order chi connectivity index (χ0) is 12.7. The van der Waals surface area contributed by atoms with Gasteiger partial charge in [0.15, 0.2) is 5.79 Å². The van der Waals surface area contributed by atoms with Crippen LogP contribution < -0.4 is 0 Å². The minimum atomic E-state index is -0.262. The lowest BCUT2D eigenvalue weighted by molar-refractivity contribution is -0.349. The predicted octanol–water partition coefficient (Wildman–Crippen LogP) is 3.99. The number of hydrogen-bond donors (Lipinski definition) is 0. The van der Waals surface area contributed by atoms with Gasteiger partial charge in [-0.15, -0.1) is 0 Å². The molecule has 2 heteroatoms. The van der Waals surface area contributed by atoms with Crippen LogP contribution in [-0.2, 0) is 9.47 Å². The van der Waals surface area contributed by atoms with Crippen LogP contribution in [0, 0.1) is 17.3 Å². The fourth-order valence-electron chi connectivity index (χ4n) is 3.56. The summed E-state index contributed by atoms with van der Waals surface area (Å²) in [7, 11) is 0. The van der Waals surface area contributed by atoms with Crippen LogP contribution in [0.4, 0.5) is 0 Å². The maximum atomic E-state index is 6.44. The van der Waals surface area contributed by atoms with Crippen molar-refractivity contribution in [1.82, 2.24) is 0 Å². The molecule has 3 atom stereocenters. The van der Waals surface area contributed by atoms with Crippen molar-refractivity contribution in [3.63, 3.8) is 0 Å². The number of rotatable bonds is 1. The summed E-state index contributed by atoms with van der Waals surface area (Å²) in [6.45, 7) is 12.2. The zero-order valence-corrected chi connectivity index (χ0v) is 12.1. The average molecular weight is 240 g/mol. The third-order valence-corrected chi connectivity index (χ3v) is 4.34. The third kappa shape index (κ3) is 2.68. The maximum Gasteiger partial charge on any atom is 0.168 e. The van der Waals surface area contributed by atoms with E-state index in [0.717, 1.165) is 25.4 Å². The van der Waals surface area contributed by atoms with Crippen LogP contribution in [0.2, 0.25) is 0 Å². The molecule has 0 radical (unpaired) electrons. The Kier molecular flexibility index (Phi) is 3.57. The fourth-order valence-corrected chi connectivity index (χ4v) is 3.56. The molecule has 2 aliphatic rings. The molecule has 2 rings (SSSR count). The molecule has 1 saturated carbocycles. The van der Waals surface area contributed by atoms with Crippen LogP contribution in [0.1, 0.15) is 60.3 Å². The Balaban J connectivity index is 2.12. The van der Waals surface area contributed by atoms with E-state index >= 15 is 0 Å². The van der Waals surface area contributed by atoms with Crippen LogP contribution in [-0.4, -0.2) is 18.5 Å². The second-order valence-corrected chi connectivity index (χ2v) is 7.17. The van der Waals surface area contributed by atoms with Gasteiger partial charge in [-0.2, -0.15) is 0 Å². The van der Waals surface area contributed by atoms with Gasteiger partial charge in [0.25, 0.3) is 0 Å². The summed E-state index contributed by atoms with van der Waals surface area (Å²) in [6, 6.07) is 0. The van der Waals surface area contributed by atoms with Gasteiger partial charge in [-0.25, -0.2) is 0 Å². The minimum absolute atomic E-state index is 0.139. The SMILES string of the molecule is CC1CCCC2(C1)OCC(C)(C)C(C(C)C)O2. The highest BCUT2D eigenvalue weighted by Crippen LogP contribution is 2.45. The molecule has 1 aliphatic carbocycles. The molecule has 100 valence electrons.